The molecule has 5 nitrogen and oxygen atoms in total. The maximum absolute atomic E-state index is 11.8. The van der Waals surface area contributed by atoms with Crippen molar-refractivity contribution in [3.63, 3.8) is 0 Å². The second-order valence-corrected chi connectivity index (χ2v) is 5.05. The molecule has 20 heavy (non-hydrogen) atoms. The van der Waals surface area contributed by atoms with Crippen molar-refractivity contribution >= 4 is 13.1 Å². The van der Waals surface area contributed by atoms with E-state index in [9.17, 15) is 9.82 Å². The van der Waals surface area contributed by atoms with Crippen LogP contribution in [0.25, 0.3) is 0 Å². The number of carbonyl (C=O) groups excluding carboxylic acids is 1. The molecule has 1 heterocycles. The fourth-order valence-electron chi connectivity index (χ4n) is 2.31. The maximum Gasteiger partial charge on any atom is 0.478 e. The van der Waals surface area contributed by atoms with Crippen LogP contribution in [0.2, 0.25) is 0 Å². The summed E-state index contributed by atoms with van der Waals surface area (Å²) in [4.78, 5) is 11.8. The number of hydrogen-bond donors (Lipinski definition) is 3. The third-order valence-corrected chi connectivity index (χ3v) is 3.54. The van der Waals surface area contributed by atoms with Gasteiger partial charge in [-0.15, -0.1) is 0 Å². The van der Waals surface area contributed by atoms with E-state index in [0.717, 1.165) is 24.8 Å². The standard InChI is InChI=1S/C14H21BN2O3/c1-2-12-8-9-13(15(19)20-12)17-14(18)16-10-11-6-4-3-5-7-11/h3-7,12-13,19H,2,8-10H2,1H3,(H2,16,17,18). The number of hydrogen-bond acceptors (Lipinski definition) is 3. The fraction of sp³-hybridized carbons (Fsp3) is 0.500. The minimum Gasteiger partial charge on any atom is -0.426 e. The van der Waals surface area contributed by atoms with Crippen LogP contribution in [0.3, 0.4) is 0 Å². The molecule has 2 atom stereocenters. The third-order valence-electron chi connectivity index (χ3n) is 3.54. The highest BCUT2D eigenvalue weighted by Crippen LogP contribution is 2.18. The van der Waals surface area contributed by atoms with Gasteiger partial charge in [0.05, 0.1) is 5.94 Å². The van der Waals surface area contributed by atoms with E-state index in [1.165, 1.54) is 0 Å². The van der Waals surface area contributed by atoms with Gasteiger partial charge in [-0.05, 0) is 24.8 Å². The van der Waals surface area contributed by atoms with Crippen LogP contribution in [0.4, 0.5) is 4.79 Å². The van der Waals surface area contributed by atoms with Crippen LogP contribution in [0.1, 0.15) is 31.7 Å². The van der Waals surface area contributed by atoms with E-state index in [1.54, 1.807) is 0 Å². The average molecular weight is 276 g/mol. The topological polar surface area (TPSA) is 70.6 Å². The van der Waals surface area contributed by atoms with E-state index in [-0.39, 0.29) is 18.1 Å². The Morgan fingerprint density at radius 1 is 1.40 bits per heavy atom. The van der Waals surface area contributed by atoms with Crippen molar-refractivity contribution in [3.8, 4) is 0 Å². The first-order chi connectivity index (χ1) is 9.69. The van der Waals surface area contributed by atoms with Crippen molar-refractivity contribution in [2.75, 3.05) is 0 Å². The van der Waals surface area contributed by atoms with Gasteiger partial charge < -0.3 is 20.3 Å². The largest absolute Gasteiger partial charge is 0.478 e. The van der Waals surface area contributed by atoms with Gasteiger partial charge in [-0.2, -0.15) is 0 Å². The zero-order valence-corrected chi connectivity index (χ0v) is 11.7. The molecule has 1 aromatic rings. The van der Waals surface area contributed by atoms with Gasteiger partial charge >= 0.3 is 13.1 Å². The van der Waals surface area contributed by atoms with Gasteiger partial charge in [0, 0.05) is 12.6 Å². The summed E-state index contributed by atoms with van der Waals surface area (Å²) in [5.74, 6) is -0.339. The summed E-state index contributed by atoms with van der Waals surface area (Å²) in [7, 11) is -0.920. The smallest absolute Gasteiger partial charge is 0.426 e. The van der Waals surface area contributed by atoms with Crippen LogP contribution in [0, 0.1) is 0 Å². The summed E-state index contributed by atoms with van der Waals surface area (Å²) in [6.07, 6.45) is 2.56. The van der Waals surface area contributed by atoms with Crippen molar-refractivity contribution in [3.05, 3.63) is 35.9 Å². The summed E-state index contributed by atoms with van der Waals surface area (Å²) < 4.78 is 5.42. The lowest BCUT2D eigenvalue weighted by molar-refractivity contribution is 0.115. The Kier molecular flexibility index (Phi) is 5.44. The van der Waals surface area contributed by atoms with Gasteiger partial charge in [-0.1, -0.05) is 37.3 Å². The lowest BCUT2D eigenvalue weighted by Gasteiger charge is -2.31. The highest BCUT2D eigenvalue weighted by molar-refractivity contribution is 6.45. The molecule has 2 amide bonds. The molecule has 3 N–H and O–H groups in total. The summed E-state index contributed by atoms with van der Waals surface area (Å²) in [5, 5.41) is 15.4. The van der Waals surface area contributed by atoms with E-state index in [0.29, 0.717) is 6.54 Å². The van der Waals surface area contributed by atoms with E-state index in [4.69, 9.17) is 4.65 Å². The highest BCUT2D eigenvalue weighted by Gasteiger charge is 2.35. The Labute approximate surface area is 119 Å². The first kappa shape index (κ1) is 14.9. The van der Waals surface area contributed by atoms with Gasteiger partial charge in [-0.25, -0.2) is 4.79 Å². The third kappa shape index (κ3) is 4.25. The minimum absolute atomic E-state index is 0.0930. The molecule has 0 radical (unpaired) electrons. The molecule has 1 saturated heterocycles. The van der Waals surface area contributed by atoms with E-state index >= 15 is 0 Å². The average Bonchev–Trinajstić information content (AvgIpc) is 2.48. The Morgan fingerprint density at radius 3 is 2.80 bits per heavy atom. The first-order valence-electron chi connectivity index (χ1n) is 7.11. The predicted molar refractivity (Wildman–Crippen MR) is 78.0 cm³/mol. The number of amides is 2. The molecule has 2 unspecified atom stereocenters. The quantitative estimate of drug-likeness (QED) is 0.729. The van der Waals surface area contributed by atoms with Gasteiger partial charge in [0.25, 0.3) is 0 Å². The van der Waals surface area contributed by atoms with Gasteiger partial charge in [-0.3, -0.25) is 0 Å². The Bertz CT molecular complexity index is 430. The molecule has 0 aromatic heterocycles. The van der Waals surface area contributed by atoms with Crippen molar-refractivity contribution in [2.24, 2.45) is 0 Å². The Morgan fingerprint density at radius 2 is 2.15 bits per heavy atom. The molecule has 6 heteroatoms. The van der Waals surface area contributed by atoms with Gasteiger partial charge in [0.15, 0.2) is 0 Å². The Hall–Kier alpha value is -1.53. The molecule has 0 bridgehead atoms. The summed E-state index contributed by atoms with van der Waals surface area (Å²) in [5.41, 5.74) is 1.04. The molecule has 1 aliphatic rings. The van der Waals surface area contributed by atoms with Crippen molar-refractivity contribution < 1.29 is 14.5 Å². The normalized spacial score (nSPS) is 22.4. The van der Waals surface area contributed by atoms with E-state index < -0.39 is 7.12 Å². The number of urea groups is 1. The van der Waals surface area contributed by atoms with Crippen molar-refractivity contribution in [1.82, 2.24) is 10.6 Å². The van der Waals surface area contributed by atoms with Crippen LogP contribution in [-0.4, -0.2) is 30.2 Å². The van der Waals surface area contributed by atoms with E-state index in [1.807, 2.05) is 37.3 Å². The molecule has 1 aliphatic heterocycles. The Balaban J connectivity index is 1.74. The molecule has 108 valence electrons. The molecule has 1 aromatic carbocycles. The van der Waals surface area contributed by atoms with Crippen LogP contribution in [0.5, 0.6) is 0 Å². The lowest BCUT2D eigenvalue weighted by Crippen LogP contribution is -2.54. The molecule has 0 spiro atoms. The number of nitrogens with one attached hydrogen (secondary N) is 2. The fourth-order valence-corrected chi connectivity index (χ4v) is 2.31. The molecule has 2 rings (SSSR count). The van der Waals surface area contributed by atoms with Crippen molar-refractivity contribution in [1.29, 1.82) is 0 Å². The predicted octanol–water partition coefficient (Wildman–Crippen LogP) is 1.46. The van der Waals surface area contributed by atoms with Crippen LogP contribution < -0.4 is 10.6 Å². The van der Waals surface area contributed by atoms with Crippen molar-refractivity contribution in [2.45, 2.75) is 44.8 Å². The number of benzene rings is 1. The molecule has 1 fully saturated rings. The first-order valence-corrected chi connectivity index (χ1v) is 7.11. The van der Waals surface area contributed by atoms with Crippen LogP contribution >= 0.6 is 0 Å². The van der Waals surface area contributed by atoms with E-state index in [2.05, 4.69) is 10.6 Å². The summed E-state index contributed by atoms with van der Waals surface area (Å²) in [6.45, 7) is 2.49. The molecule has 0 saturated carbocycles. The zero-order valence-electron chi connectivity index (χ0n) is 11.7. The zero-order chi connectivity index (χ0) is 14.4. The molecular weight excluding hydrogens is 255 g/mol. The second kappa shape index (κ2) is 7.31. The van der Waals surface area contributed by atoms with Crippen LogP contribution in [-0.2, 0) is 11.2 Å². The monoisotopic (exact) mass is 276 g/mol. The second-order valence-electron chi connectivity index (χ2n) is 5.05. The SMILES string of the molecule is CCC1CCC(NC(=O)NCc2ccccc2)B(O)O1. The minimum atomic E-state index is -0.920. The van der Waals surface area contributed by atoms with Crippen LogP contribution in [0.15, 0.2) is 30.3 Å². The van der Waals surface area contributed by atoms with Gasteiger partial charge in [0.2, 0.25) is 0 Å². The summed E-state index contributed by atoms with van der Waals surface area (Å²) >= 11 is 0. The molecule has 0 aliphatic carbocycles. The van der Waals surface area contributed by atoms with Gasteiger partial charge in [0.1, 0.15) is 0 Å². The number of rotatable bonds is 4. The maximum atomic E-state index is 11.8. The lowest BCUT2D eigenvalue weighted by atomic mass is 9.72. The number of carbonyl (C=O) groups is 1. The molecular formula is C14H21BN2O3. The highest BCUT2D eigenvalue weighted by atomic mass is 16.5. The summed E-state index contributed by atoms with van der Waals surface area (Å²) in [6, 6.07) is 9.41.